The van der Waals surface area contributed by atoms with Crippen LogP contribution in [0.3, 0.4) is 0 Å². The molecule has 0 radical (unpaired) electrons. The van der Waals surface area contributed by atoms with E-state index in [0.29, 0.717) is 23.9 Å². The Hall–Kier alpha value is -2.51. The molecule has 3 atom stereocenters. The van der Waals surface area contributed by atoms with Gasteiger partial charge in [-0.3, -0.25) is 10.1 Å². The summed E-state index contributed by atoms with van der Waals surface area (Å²) in [5.74, 6) is 0. The molecule has 0 aliphatic carbocycles. The van der Waals surface area contributed by atoms with Gasteiger partial charge in [-0.1, -0.05) is 12.1 Å². The van der Waals surface area contributed by atoms with Crippen molar-refractivity contribution in [3.05, 3.63) is 46.5 Å². The second-order valence-corrected chi connectivity index (χ2v) is 8.60. The Bertz CT molecular complexity index is 921. The Morgan fingerprint density at radius 2 is 1.82 bits per heavy atom. The molecular formula is C21H28N3O4+. The Labute approximate surface area is 165 Å². The van der Waals surface area contributed by atoms with E-state index in [1.54, 1.807) is 18.2 Å². The molecule has 0 bridgehead atoms. The van der Waals surface area contributed by atoms with Crippen molar-refractivity contribution in [1.29, 1.82) is 0 Å². The van der Waals surface area contributed by atoms with E-state index in [2.05, 4.69) is 5.32 Å². The molecule has 3 rings (SSSR count). The van der Waals surface area contributed by atoms with Crippen molar-refractivity contribution >= 4 is 28.2 Å². The summed E-state index contributed by atoms with van der Waals surface area (Å²) in [5, 5.41) is 16.2. The van der Waals surface area contributed by atoms with E-state index in [1.165, 1.54) is 6.07 Å². The van der Waals surface area contributed by atoms with Gasteiger partial charge < -0.3 is 10.1 Å². The van der Waals surface area contributed by atoms with Gasteiger partial charge in [0.1, 0.15) is 18.2 Å². The molecule has 150 valence electrons. The van der Waals surface area contributed by atoms with Crippen LogP contribution < -0.4 is 9.80 Å². The number of nitro groups is 1. The highest BCUT2D eigenvalue weighted by molar-refractivity contribution is 6.03. The van der Waals surface area contributed by atoms with E-state index in [9.17, 15) is 14.9 Å². The van der Waals surface area contributed by atoms with Crippen molar-refractivity contribution in [2.75, 3.05) is 13.1 Å². The number of hydrogen-bond donors (Lipinski definition) is 1. The largest absolute Gasteiger partial charge is 0.522 e. The number of rotatable bonds is 2. The van der Waals surface area contributed by atoms with Gasteiger partial charge in [-0.25, -0.2) is 0 Å². The van der Waals surface area contributed by atoms with Gasteiger partial charge in [0.2, 0.25) is 0 Å². The third kappa shape index (κ3) is 3.47. The Morgan fingerprint density at radius 3 is 2.43 bits per heavy atom. The Kier molecular flexibility index (Phi) is 5.16. The summed E-state index contributed by atoms with van der Waals surface area (Å²) in [7, 11) is 0. The fraction of sp³-hybridized carbons (Fsp3) is 0.476. The average molecular weight is 386 g/mol. The number of carbonyl (C=O) groups excluding carboxylic acids is 1. The number of carbonyl (C=O) groups is 1. The first kappa shape index (κ1) is 20.2. The molecule has 0 aromatic heterocycles. The third-order valence-corrected chi connectivity index (χ3v) is 5.30. The summed E-state index contributed by atoms with van der Waals surface area (Å²) in [6.45, 7) is 10.8. The lowest BCUT2D eigenvalue weighted by atomic mass is 9.99. The van der Waals surface area contributed by atoms with Gasteiger partial charge in [-0.05, 0) is 46.8 Å². The molecule has 2 aromatic carbocycles. The molecule has 1 unspecified atom stereocenters. The molecule has 1 aliphatic rings. The van der Waals surface area contributed by atoms with Crippen molar-refractivity contribution < 1.29 is 14.5 Å². The van der Waals surface area contributed by atoms with Crippen LogP contribution in [0.4, 0.5) is 16.2 Å². The van der Waals surface area contributed by atoms with Gasteiger partial charge in [-0.2, -0.15) is 9.28 Å². The minimum Gasteiger partial charge on any atom is -0.414 e. The van der Waals surface area contributed by atoms with Gasteiger partial charge in [0.15, 0.2) is 5.69 Å². The van der Waals surface area contributed by atoms with Crippen LogP contribution >= 0.6 is 0 Å². The lowest BCUT2D eigenvalue weighted by Crippen LogP contribution is -2.71. The zero-order valence-corrected chi connectivity index (χ0v) is 17.1. The topological polar surface area (TPSA) is 81.5 Å². The van der Waals surface area contributed by atoms with Crippen LogP contribution in [0.15, 0.2) is 36.4 Å². The molecular weight excluding hydrogens is 358 g/mol. The fourth-order valence-corrected chi connectivity index (χ4v) is 4.01. The average Bonchev–Trinajstić information content (AvgIpc) is 2.61. The molecule has 2 aromatic rings. The second-order valence-electron chi connectivity index (χ2n) is 8.60. The number of benzene rings is 2. The number of amides is 1. The first-order chi connectivity index (χ1) is 13.1. The highest BCUT2D eigenvalue weighted by atomic mass is 16.6. The normalized spacial score (nSPS) is 25.5. The van der Waals surface area contributed by atoms with E-state index >= 15 is 0 Å². The van der Waals surface area contributed by atoms with Crippen molar-refractivity contribution in [3.63, 3.8) is 0 Å². The highest BCUT2D eigenvalue weighted by Crippen LogP contribution is 2.40. The summed E-state index contributed by atoms with van der Waals surface area (Å²) >= 11 is 0. The molecule has 1 fully saturated rings. The van der Waals surface area contributed by atoms with Crippen LogP contribution in [0.5, 0.6) is 0 Å². The Balaban J connectivity index is 2.29. The number of piperazine rings is 1. The van der Waals surface area contributed by atoms with Gasteiger partial charge in [0.05, 0.1) is 21.7 Å². The molecule has 0 spiro atoms. The number of non-ortho nitro benzene ring substituents is 1. The Morgan fingerprint density at radius 1 is 1.18 bits per heavy atom. The summed E-state index contributed by atoms with van der Waals surface area (Å²) in [6, 6.07) is 10.4. The van der Waals surface area contributed by atoms with Crippen molar-refractivity contribution in [1.82, 2.24) is 9.80 Å². The summed E-state index contributed by atoms with van der Waals surface area (Å²) < 4.78 is 5.86. The van der Waals surface area contributed by atoms with Gasteiger partial charge in [0, 0.05) is 18.7 Å². The number of fused-ring (bicyclic) bond motifs is 1. The van der Waals surface area contributed by atoms with Crippen LogP contribution in [0.1, 0.15) is 34.6 Å². The van der Waals surface area contributed by atoms with Gasteiger partial charge in [-0.15, -0.1) is 0 Å². The van der Waals surface area contributed by atoms with Crippen LogP contribution in [-0.2, 0) is 4.74 Å². The number of hydrogen-bond acceptors (Lipinski definition) is 5. The van der Waals surface area contributed by atoms with E-state index in [4.69, 9.17) is 4.74 Å². The van der Waals surface area contributed by atoms with Crippen LogP contribution in [0.25, 0.3) is 10.8 Å². The quantitative estimate of drug-likeness (QED) is 0.471. The zero-order valence-electron chi connectivity index (χ0n) is 17.1. The lowest BCUT2D eigenvalue weighted by molar-refractivity contribution is -0.383. The van der Waals surface area contributed by atoms with E-state index in [1.807, 2.05) is 46.8 Å². The minimum atomic E-state index is -0.632. The minimum absolute atomic E-state index is 0.00391. The second kappa shape index (κ2) is 7.14. The molecule has 0 saturated carbocycles. The van der Waals surface area contributed by atoms with E-state index in [-0.39, 0.29) is 33.3 Å². The predicted molar refractivity (Wildman–Crippen MR) is 110 cm³/mol. The van der Waals surface area contributed by atoms with E-state index in [0.717, 1.165) is 5.69 Å². The number of quaternary nitrogens is 1. The monoisotopic (exact) mass is 386 g/mol. The zero-order chi connectivity index (χ0) is 20.7. The number of nitrogens with zero attached hydrogens (tertiary/aromatic N) is 2. The molecule has 1 saturated heterocycles. The number of nitro benzene ring substituents is 1. The van der Waals surface area contributed by atoms with Crippen LogP contribution in [0.2, 0.25) is 0 Å². The maximum Gasteiger partial charge on any atom is 0.522 e. The fourth-order valence-electron chi connectivity index (χ4n) is 4.01. The first-order valence-electron chi connectivity index (χ1n) is 9.57. The van der Waals surface area contributed by atoms with Crippen molar-refractivity contribution in [3.8, 4) is 0 Å². The van der Waals surface area contributed by atoms with Crippen molar-refractivity contribution in [2.45, 2.75) is 52.3 Å². The molecule has 7 heteroatoms. The third-order valence-electron chi connectivity index (χ3n) is 5.30. The van der Waals surface area contributed by atoms with Crippen LogP contribution in [-0.4, -0.2) is 41.8 Å². The lowest BCUT2D eigenvalue weighted by Gasteiger charge is -2.45. The molecule has 1 aliphatic heterocycles. The molecule has 1 heterocycles. The summed E-state index contributed by atoms with van der Waals surface area (Å²) in [4.78, 5) is 24.7. The van der Waals surface area contributed by atoms with Crippen molar-refractivity contribution in [2.24, 2.45) is 0 Å². The standard InChI is InChI=1S/C21H28N3O4/c1-14-13-24(15(2)12-22-14,20(25)28-21(3,4)5)19-11-10-18(23(26)27)16-8-6-7-9-17(16)19/h6-11,14-15,22H,12-13H2,1-5H3/q+1/t14-,15+,24?/m0/s1. The smallest absolute Gasteiger partial charge is 0.414 e. The van der Waals surface area contributed by atoms with Gasteiger partial charge >= 0.3 is 6.09 Å². The molecule has 7 nitrogen and oxygen atoms in total. The summed E-state index contributed by atoms with van der Waals surface area (Å²) in [5.41, 5.74) is 0.154. The molecule has 1 N–H and O–H groups in total. The SMILES string of the molecule is C[C@@H]1CN[C@@H](C)C[N+]1(C(=O)OC(C)(C)C)c1ccc([N+](=O)[O-])c2ccccc12. The number of ether oxygens (including phenoxy) is 1. The maximum atomic E-state index is 13.5. The molecule has 1 amide bonds. The number of nitrogens with one attached hydrogen (secondary N) is 1. The predicted octanol–water partition coefficient (Wildman–Crippen LogP) is 4.37. The van der Waals surface area contributed by atoms with Gasteiger partial charge in [0.25, 0.3) is 5.69 Å². The van der Waals surface area contributed by atoms with E-state index < -0.39 is 5.60 Å². The molecule has 28 heavy (non-hydrogen) atoms. The first-order valence-corrected chi connectivity index (χ1v) is 9.57. The highest BCUT2D eigenvalue weighted by Gasteiger charge is 2.51. The van der Waals surface area contributed by atoms with Crippen LogP contribution in [0, 0.1) is 10.1 Å². The summed E-state index contributed by atoms with van der Waals surface area (Å²) in [6.07, 6.45) is -0.327. The maximum absolute atomic E-state index is 13.5.